The maximum absolute atomic E-state index is 14.5. The van der Waals surface area contributed by atoms with E-state index >= 15 is 0 Å². The molecule has 5 nitrogen and oxygen atoms in total. The van der Waals surface area contributed by atoms with E-state index in [9.17, 15) is 18.4 Å². The Hall–Kier alpha value is -3.52. The van der Waals surface area contributed by atoms with Crippen LogP contribution in [0.15, 0.2) is 82.7 Å². The number of nitrogens with zero attached hydrogens (tertiary/aromatic N) is 2. The van der Waals surface area contributed by atoms with Crippen molar-refractivity contribution in [3.05, 3.63) is 100 Å². The fourth-order valence-electron chi connectivity index (χ4n) is 3.06. The molecule has 0 radical (unpaired) electrons. The van der Waals surface area contributed by atoms with Crippen molar-refractivity contribution in [2.45, 2.75) is 11.7 Å². The second-order valence-corrected chi connectivity index (χ2v) is 7.64. The number of nitrogens with one attached hydrogen (secondary N) is 1. The van der Waals surface area contributed by atoms with Crippen molar-refractivity contribution in [1.29, 1.82) is 0 Å². The number of rotatable bonds is 6. The van der Waals surface area contributed by atoms with Crippen molar-refractivity contribution >= 4 is 28.6 Å². The predicted molar refractivity (Wildman–Crippen MR) is 116 cm³/mol. The lowest BCUT2D eigenvalue weighted by Crippen LogP contribution is -2.26. The van der Waals surface area contributed by atoms with Crippen LogP contribution in [0, 0.1) is 11.6 Å². The number of benzene rings is 3. The smallest absolute Gasteiger partial charge is 0.266 e. The Kier molecular flexibility index (Phi) is 6.08. The van der Waals surface area contributed by atoms with E-state index in [4.69, 9.17) is 0 Å². The molecule has 0 fully saturated rings. The largest absolute Gasteiger partial charge is 0.351 e. The van der Waals surface area contributed by atoms with Crippen LogP contribution in [0.4, 0.5) is 8.78 Å². The molecule has 0 aliphatic carbocycles. The van der Waals surface area contributed by atoms with Crippen LogP contribution < -0.4 is 10.9 Å². The summed E-state index contributed by atoms with van der Waals surface area (Å²) in [6.07, 6.45) is 0. The summed E-state index contributed by atoms with van der Waals surface area (Å²) < 4.78 is 29.0. The van der Waals surface area contributed by atoms with Gasteiger partial charge in [0.15, 0.2) is 5.16 Å². The average molecular weight is 437 g/mol. The third-order valence-electron chi connectivity index (χ3n) is 4.56. The highest BCUT2D eigenvalue weighted by Crippen LogP contribution is 2.23. The Balaban J connectivity index is 1.64. The minimum atomic E-state index is -0.894. The number of aromatic nitrogens is 2. The fourth-order valence-corrected chi connectivity index (χ4v) is 3.90. The lowest BCUT2D eigenvalue weighted by molar-refractivity contribution is -0.118. The molecule has 4 aromatic rings. The number of halogens is 2. The topological polar surface area (TPSA) is 64.0 Å². The first kappa shape index (κ1) is 20.7. The maximum atomic E-state index is 14.5. The molecule has 0 atom stereocenters. The zero-order valence-corrected chi connectivity index (χ0v) is 17.0. The Labute approximate surface area is 180 Å². The van der Waals surface area contributed by atoms with Gasteiger partial charge in [-0.3, -0.25) is 14.2 Å². The molecular formula is C23H17F2N3O2S. The van der Waals surface area contributed by atoms with Gasteiger partial charge in [-0.05, 0) is 29.8 Å². The standard InChI is InChI=1S/C23H17F2N3O2S/c24-16-10-11-20(18(25)12-16)28-22(30)17-8-4-5-9-19(17)27-23(28)31-14-21(29)26-13-15-6-2-1-3-7-15/h1-12H,13-14H2,(H,26,29). The van der Waals surface area contributed by atoms with Crippen molar-refractivity contribution in [3.63, 3.8) is 0 Å². The van der Waals surface area contributed by atoms with Crippen LogP contribution in [-0.4, -0.2) is 21.2 Å². The van der Waals surface area contributed by atoms with Crippen LogP contribution in [0.1, 0.15) is 5.56 Å². The Bertz CT molecular complexity index is 1310. The second-order valence-electron chi connectivity index (χ2n) is 6.70. The Morgan fingerprint density at radius 2 is 1.74 bits per heavy atom. The first-order valence-electron chi connectivity index (χ1n) is 9.43. The molecule has 1 amide bonds. The average Bonchev–Trinajstić information content (AvgIpc) is 2.78. The molecule has 1 aromatic heterocycles. The van der Waals surface area contributed by atoms with Crippen molar-refractivity contribution in [2.24, 2.45) is 0 Å². The molecule has 8 heteroatoms. The van der Waals surface area contributed by atoms with Crippen molar-refractivity contribution in [3.8, 4) is 5.69 Å². The molecule has 0 saturated heterocycles. The van der Waals surface area contributed by atoms with Gasteiger partial charge < -0.3 is 5.32 Å². The van der Waals surface area contributed by atoms with E-state index in [0.29, 0.717) is 23.5 Å². The van der Waals surface area contributed by atoms with Gasteiger partial charge in [0.05, 0.1) is 22.3 Å². The Morgan fingerprint density at radius 3 is 2.52 bits per heavy atom. The highest BCUT2D eigenvalue weighted by Gasteiger charge is 2.17. The van der Waals surface area contributed by atoms with Gasteiger partial charge in [-0.25, -0.2) is 13.8 Å². The molecule has 3 aromatic carbocycles. The third kappa shape index (κ3) is 4.64. The van der Waals surface area contributed by atoms with Gasteiger partial charge >= 0.3 is 0 Å². The number of para-hydroxylation sites is 1. The van der Waals surface area contributed by atoms with Crippen LogP contribution in [0.25, 0.3) is 16.6 Å². The van der Waals surface area contributed by atoms with Gasteiger partial charge in [0.1, 0.15) is 11.6 Å². The molecule has 0 bridgehead atoms. The minimum Gasteiger partial charge on any atom is -0.351 e. The molecule has 156 valence electrons. The zero-order valence-electron chi connectivity index (χ0n) is 16.2. The van der Waals surface area contributed by atoms with Crippen LogP contribution >= 0.6 is 11.8 Å². The summed E-state index contributed by atoms with van der Waals surface area (Å²) >= 11 is 1.01. The van der Waals surface area contributed by atoms with Crippen LogP contribution in [0.5, 0.6) is 0 Å². The van der Waals surface area contributed by atoms with E-state index in [-0.39, 0.29) is 22.5 Å². The first-order valence-corrected chi connectivity index (χ1v) is 10.4. The maximum Gasteiger partial charge on any atom is 0.266 e. The number of hydrogen-bond donors (Lipinski definition) is 1. The normalized spacial score (nSPS) is 10.9. The van der Waals surface area contributed by atoms with E-state index in [1.807, 2.05) is 30.3 Å². The number of fused-ring (bicyclic) bond motifs is 1. The van der Waals surface area contributed by atoms with Crippen molar-refractivity contribution in [1.82, 2.24) is 14.9 Å². The molecular weight excluding hydrogens is 420 g/mol. The molecule has 1 heterocycles. The summed E-state index contributed by atoms with van der Waals surface area (Å²) in [5.41, 5.74) is 0.758. The second kappa shape index (κ2) is 9.09. The lowest BCUT2D eigenvalue weighted by Gasteiger charge is -2.14. The summed E-state index contributed by atoms with van der Waals surface area (Å²) in [4.78, 5) is 29.9. The molecule has 31 heavy (non-hydrogen) atoms. The van der Waals surface area contributed by atoms with Crippen LogP contribution in [0.2, 0.25) is 0 Å². The van der Waals surface area contributed by atoms with Crippen molar-refractivity contribution in [2.75, 3.05) is 5.75 Å². The highest BCUT2D eigenvalue weighted by molar-refractivity contribution is 7.99. The van der Waals surface area contributed by atoms with Gasteiger partial charge in [0.2, 0.25) is 5.91 Å². The highest BCUT2D eigenvalue weighted by atomic mass is 32.2. The molecule has 4 rings (SSSR count). The molecule has 0 spiro atoms. The number of carbonyl (C=O) groups excluding carboxylic acids is 1. The van der Waals surface area contributed by atoms with E-state index in [1.165, 1.54) is 6.07 Å². The molecule has 0 saturated carbocycles. The molecule has 0 aliphatic heterocycles. The van der Waals surface area contributed by atoms with Gasteiger partial charge in [-0.1, -0.05) is 54.2 Å². The van der Waals surface area contributed by atoms with Gasteiger partial charge in [-0.15, -0.1) is 0 Å². The number of amides is 1. The lowest BCUT2D eigenvalue weighted by atomic mass is 10.2. The Morgan fingerprint density at radius 1 is 1.00 bits per heavy atom. The number of hydrogen-bond acceptors (Lipinski definition) is 4. The summed E-state index contributed by atoms with van der Waals surface area (Å²) in [6, 6.07) is 19.1. The first-order chi connectivity index (χ1) is 15.0. The molecule has 0 unspecified atom stereocenters. The minimum absolute atomic E-state index is 0.0274. The predicted octanol–water partition coefficient (Wildman–Crippen LogP) is 4.07. The number of thioether (sulfide) groups is 1. The van der Waals surface area contributed by atoms with Crippen LogP contribution in [0.3, 0.4) is 0 Å². The zero-order chi connectivity index (χ0) is 21.8. The third-order valence-corrected chi connectivity index (χ3v) is 5.50. The summed E-state index contributed by atoms with van der Waals surface area (Å²) in [5, 5.41) is 3.24. The monoisotopic (exact) mass is 437 g/mol. The van der Waals surface area contributed by atoms with E-state index in [2.05, 4.69) is 10.3 Å². The van der Waals surface area contributed by atoms with Crippen LogP contribution in [-0.2, 0) is 11.3 Å². The molecule has 1 N–H and O–H groups in total. The van der Waals surface area contributed by atoms with Gasteiger partial charge in [0.25, 0.3) is 5.56 Å². The summed E-state index contributed by atoms with van der Waals surface area (Å²) in [7, 11) is 0. The van der Waals surface area contributed by atoms with Gasteiger partial charge in [0, 0.05) is 12.6 Å². The number of carbonyl (C=O) groups is 1. The van der Waals surface area contributed by atoms with Crippen molar-refractivity contribution < 1.29 is 13.6 Å². The summed E-state index contributed by atoms with van der Waals surface area (Å²) in [5.74, 6) is -1.94. The fraction of sp³-hybridized carbons (Fsp3) is 0.0870. The van der Waals surface area contributed by atoms with E-state index in [1.54, 1.807) is 24.3 Å². The molecule has 0 aliphatic rings. The summed E-state index contributed by atoms with van der Waals surface area (Å²) in [6.45, 7) is 0.366. The van der Waals surface area contributed by atoms with Gasteiger partial charge in [-0.2, -0.15) is 0 Å². The quantitative estimate of drug-likeness (QED) is 0.365. The van der Waals surface area contributed by atoms with E-state index < -0.39 is 17.2 Å². The van der Waals surface area contributed by atoms with E-state index in [0.717, 1.165) is 28.0 Å². The SMILES string of the molecule is O=C(CSc1nc2ccccc2c(=O)n1-c1ccc(F)cc1F)NCc1ccccc1.